The average molecular weight is 289 g/mol. The number of hydrogen-bond donors (Lipinski definition) is 0. The highest BCUT2D eigenvalue weighted by Gasteiger charge is 2.30. The molecule has 0 unspecified atom stereocenters. The standard InChI is InChI=1S/C17H23NO3/c1-12-8-4-7-11-15(12)18(2)16(19)13-9-5-6-10-14(13)17(20)21-3/h5-6,9-10,12,15H,4,7-8,11H2,1-3H3/t12-,15+/m0/s1. The first-order valence-electron chi connectivity index (χ1n) is 7.50. The molecule has 0 saturated heterocycles. The Morgan fingerprint density at radius 2 is 1.76 bits per heavy atom. The van der Waals surface area contributed by atoms with E-state index in [4.69, 9.17) is 4.74 Å². The third-order valence-electron chi connectivity index (χ3n) is 4.45. The molecule has 1 saturated carbocycles. The van der Waals surface area contributed by atoms with Crippen molar-refractivity contribution in [3.05, 3.63) is 35.4 Å². The lowest BCUT2D eigenvalue weighted by Crippen LogP contribution is -2.43. The molecule has 0 bridgehead atoms. The maximum Gasteiger partial charge on any atom is 0.338 e. The Labute approximate surface area is 126 Å². The summed E-state index contributed by atoms with van der Waals surface area (Å²) in [5.41, 5.74) is 0.755. The quantitative estimate of drug-likeness (QED) is 0.803. The fourth-order valence-electron chi connectivity index (χ4n) is 3.17. The summed E-state index contributed by atoms with van der Waals surface area (Å²) in [5, 5.41) is 0. The normalized spacial score (nSPS) is 21.7. The van der Waals surface area contributed by atoms with Crippen molar-refractivity contribution in [2.75, 3.05) is 14.2 Å². The highest BCUT2D eigenvalue weighted by Crippen LogP contribution is 2.28. The van der Waals surface area contributed by atoms with Gasteiger partial charge in [-0.05, 0) is 30.9 Å². The van der Waals surface area contributed by atoms with Crippen LogP contribution in [0.1, 0.15) is 53.3 Å². The summed E-state index contributed by atoms with van der Waals surface area (Å²) in [4.78, 5) is 26.4. The van der Waals surface area contributed by atoms with Gasteiger partial charge in [-0.15, -0.1) is 0 Å². The van der Waals surface area contributed by atoms with E-state index < -0.39 is 5.97 Å². The van der Waals surface area contributed by atoms with Gasteiger partial charge >= 0.3 is 5.97 Å². The van der Waals surface area contributed by atoms with E-state index >= 15 is 0 Å². The molecule has 1 fully saturated rings. The van der Waals surface area contributed by atoms with Gasteiger partial charge in [0.2, 0.25) is 0 Å². The summed E-state index contributed by atoms with van der Waals surface area (Å²) in [6.07, 6.45) is 4.58. The predicted octanol–water partition coefficient (Wildman–Crippen LogP) is 3.12. The van der Waals surface area contributed by atoms with E-state index in [9.17, 15) is 9.59 Å². The van der Waals surface area contributed by atoms with Gasteiger partial charge in [0.15, 0.2) is 0 Å². The summed E-state index contributed by atoms with van der Waals surface area (Å²) in [5.74, 6) is -0.0724. The highest BCUT2D eigenvalue weighted by molar-refractivity contribution is 6.05. The third-order valence-corrected chi connectivity index (χ3v) is 4.45. The molecule has 0 N–H and O–H groups in total. The first kappa shape index (κ1) is 15.5. The molecule has 1 aliphatic rings. The number of esters is 1. The van der Waals surface area contributed by atoms with Gasteiger partial charge in [0.25, 0.3) is 5.91 Å². The predicted molar refractivity (Wildman–Crippen MR) is 81.3 cm³/mol. The van der Waals surface area contributed by atoms with Crippen LogP contribution in [0.25, 0.3) is 0 Å². The van der Waals surface area contributed by atoms with Gasteiger partial charge in [-0.3, -0.25) is 4.79 Å². The minimum absolute atomic E-state index is 0.102. The van der Waals surface area contributed by atoms with Crippen LogP contribution in [0.5, 0.6) is 0 Å². The lowest BCUT2D eigenvalue weighted by molar-refractivity contribution is 0.0571. The molecule has 0 radical (unpaired) electrons. The molecule has 4 nitrogen and oxygen atoms in total. The Morgan fingerprint density at radius 1 is 1.14 bits per heavy atom. The number of ether oxygens (including phenoxy) is 1. The summed E-state index contributed by atoms with van der Waals surface area (Å²) < 4.78 is 4.76. The number of carbonyl (C=O) groups is 2. The van der Waals surface area contributed by atoms with Crippen LogP contribution >= 0.6 is 0 Å². The zero-order chi connectivity index (χ0) is 15.4. The second-order valence-corrected chi connectivity index (χ2v) is 5.78. The number of carbonyl (C=O) groups excluding carboxylic acids is 2. The monoisotopic (exact) mass is 289 g/mol. The highest BCUT2D eigenvalue weighted by atomic mass is 16.5. The van der Waals surface area contributed by atoms with E-state index in [1.165, 1.54) is 13.5 Å². The number of hydrogen-bond acceptors (Lipinski definition) is 3. The van der Waals surface area contributed by atoms with Crippen LogP contribution in [-0.2, 0) is 4.74 Å². The minimum atomic E-state index is -0.468. The summed E-state index contributed by atoms with van der Waals surface area (Å²) in [7, 11) is 3.17. The van der Waals surface area contributed by atoms with Crippen molar-refractivity contribution in [1.29, 1.82) is 0 Å². The van der Waals surface area contributed by atoms with Crippen LogP contribution in [0.15, 0.2) is 24.3 Å². The number of rotatable bonds is 3. The van der Waals surface area contributed by atoms with Gasteiger partial charge < -0.3 is 9.64 Å². The fourth-order valence-corrected chi connectivity index (χ4v) is 3.17. The molecule has 0 spiro atoms. The van der Waals surface area contributed by atoms with Gasteiger partial charge in [-0.2, -0.15) is 0 Å². The van der Waals surface area contributed by atoms with E-state index in [1.807, 2.05) is 7.05 Å². The molecular formula is C17H23NO3. The molecule has 0 heterocycles. The number of nitrogens with zero attached hydrogens (tertiary/aromatic N) is 1. The Kier molecular flexibility index (Phi) is 4.99. The van der Waals surface area contributed by atoms with Crippen LogP contribution in [0.2, 0.25) is 0 Å². The Morgan fingerprint density at radius 3 is 2.38 bits per heavy atom. The van der Waals surface area contributed by atoms with Crippen molar-refractivity contribution in [2.45, 2.75) is 38.6 Å². The van der Waals surface area contributed by atoms with Gasteiger partial charge in [0.1, 0.15) is 0 Å². The molecular weight excluding hydrogens is 266 g/mol. The Bertz CT molecular complexity index is 527. The van der Waals surface area contributed by atoms with E-state index in [2.05, 4.69) is 6.92 Å². The smallest absolute Gasteiger partial charge is 0.338 e. The van der Waals surface area contributed by atoms with Crippen molar-refractivity contribution >= 4 is 11.9 Å². The molecule has 4 heteroatoms. The number of methoxy groups -OCH3 is 1. The van der Waals surface area contributed by atoms with Crippen molar-refractivity contribution in [2.24, 2.45) is 5.92 Å². The lowest BCUT2D eigenvalue weighted by atomic mass is 9.85. The molecule has 0 aromatic heterocycles. The largest absolute Gasteiger partial charge is 0.465 e. The fraction of sp³-hybridized carbons (Fsp3) is 0.529. The van der Waals surface area contributed by atoms with Crippen LogP contribution in [0, 0.1) is 5.92 Å². The first-order chi connectivity index (χ1) is 10.1. The van der Waals surface area contributed by atoms with Gasteiger partial charge in [-0.1, -0.05) is 31.9 Å². The average Bonchev–Trinajstić information content (AvgIpc) is 2.53. The van der Waals surface area contributed by atoms with Crippen LogP contribution in [-0.4, -0.2) is 37.0 Å². The van der Waals surface area contributed by atoms with Gasteiger partial charge in [0.05, 0.1) is 18.2 Å². The molecule has 0 aliphatic heterocycles. The number of amides is 1. The Balaban J connectivity index is 2.25. The van der Waals surface area contributed by atoms with E-state index in [0.717, 1.165) is 19.3 Å². The Hall–Kier alpha value is -1.84. The minimum Gasteiger partial charge on any atom is -0.465 e. The van der Waals surface area contributed by atoms with Crippen molar-refractivity contribution in [3.63, 3.8) is 0 Å². The molecule has 21 heavy (non-hydrogen) atoms. The zero-order valence-corrected chi connectivity index (χ0v) is 13.0. The zero-order valence-electron chi connectivity index (χ0n) is 13.0. The lowest BCUT2D eigenvalue weighted by Gasteiger charge is -2.36. The van der Waals surface area contributed by atoms with Crippen LogP contribution in [0.3, 0.4) is 0 Å². The SMILES string of the molecule is COC(=O)c1ccccc1C(=O)N(C)[C@@H]1CCCC[C@@H]1C. The molecule has 2 atom stereocenters. The third kappa shape index (κ3) is 3.26. The molecule has 114 valence electrons. The molecule has 1 aromatic rings. The first-order valence-corrected chi connectivity index (χ1v) is 7.50. The molecule has 1 aliphatic carbocycles. The molecule has 2 rings (SSSR count). The number of benzene rings is 1. The van der Waals surface area contributed by atoms with Crippen molar-refractivity contribution < 1.29 is 14.3 Å². The van der Waals surface area contributed by atoms with Crippen molar-refractivity contribution in [3.8, 4) is 0 Å². The summed E-state index contributed by atoms with van der Waals surface area (Å²) >= 11 is 0. The second-order valence-electron chi connectivity index (χ2n) is 5.78. The van der Waals surface area contributed by atoms with E-state index in [1.54, 1.807) is 29.2 Å². The summed E-state index contributed by atoms with van der Waals surface area (Å²) in [6.45, 7) is 2.19. The molecule has 1 aromatic carbocycles. The topological polar surface area (TPSA) is 46.6 Å². The summed E-state index contributed by atoms with van der Waals surface area (Å²) in [6, 6.07) is 7.09. The maximum absolute atomic E-state index is 12.7. The van der Waals surface area contributed by atoms with Crippen LogP contribution in [0.4, 0.5) is 0 Å². The van der Waals surface area contributed by atoms with Crippen LogP contribution < -0.4 is 0 Å². The molecule has 1 amide bonds. The maximum atomic E-state index is 12.7. The van der Waals surface area contributed by atoms with E-state index in [-0.39, 0.29) is 11.9 Å². The van der Waals surface area contributed by atoms with Gasteiger partial charge in [0, 0.05) is 13.1 Å². The second kappa shape index (κ2) is 6.74. The van der Waals surface area contributed by atoms with Gasteiger partial charge in [-0.25, -0.2) is 4.79 Å². The van der Waals surface area contributed by atoms with Crippen molar-refractivity contribution in [1.82, 2.24) is 4.90 Å². The van der Waals surface area contributed by atoms with E-state index in [0.29, 0.717) is 17.0 Å².